The standard InChI is InChI=1S/C19H21N5O/c1-22-14-16(13-21-22)18-4-2-10-23(18)19(25)12-15-5-7-17(8-6-15)24-11-3-9-20-24/h3,5-9,11,13-14,18H,2,4,10,12H2,1H3/t18-/m1/s1. The molecule has 4 rings (SSSR count). The van der Waals surface area contributed by atoms with Gasteiger partial charge in [-0.15, -0.1) is 0 Å². The quantitative estimate of drug-likeness (QED) is 0.736. The normalized spacial score (nSPS) is 17.2. The van der Waals surface area contributed by atoms with Crippen LogP contribution in [-0.4, -0.2) is 36.9 Å². The van der Waals surface area contributed by atoms with Crippen molar-refractivity contribution < 1.29 is 4.79 Å². The predicted octanol–water partition coefficient (Wildman–Crippen LogP) is 2.51. The van der Waals surface area contributed by atoms with Gasteiger partial charge < -0.3 is 4.90 Å². The molecule has 3 aromatic rings. The average Bonchev–Trinajstić information content (AvgIpc) is 3.36. The first-order chi connectivity index (χ1) is 12.2. The number of nitrogens with zero attached hydrogens (tertiary/aromatic N) is 5. The maximum absolute atomic E-state index is 12.8. The van der Waals surface area contributed by atoms with E-state index in [2.05, 4.69) is 10.2 Å². The summed E-state index contributed by atoms with van der Waals surface area (Å²) in [5.74, 6) is 0.179. The zero-order valence-corrected chi connectivity index (χ0v) is 14.2. The number of aromatic nitrogens is 4. The van der Waals surface area contributed by atoms with E-state index in [1.807, 2.05) is 65.6 Å². The molecule has 0 saturated carbocycles. The fraction of sp³-hybridized carbons (Fsp3) is 0.316. The second-order valence-corrected chi connectivity index (χ2v) is 6.49. The summed E-state index contributed by atoms with van der Waals surface area (Å²) in [6, 6.07) is 10.1. The molecule has 128 valence electrons. The van der Waals surface area contributed by atoms with Crippen LogP contribution in [0.3, 0.4) is 0 Å². The van der Waals surface area contributed by atoms with Crippen molar-refractivity contribution in [1.82, 2.24) is 24.5 Å². The Balaban J connectivity index is 1.46. The summed E-state index contributed by atoms with van der Waals surface area (Å²) < 4.78 is 3.61. The first-order valence-electron chi connectivity index (χ1n) is 8.58. The highest BCUT2D eigenvalue weighted by atomic mass is 16.2. The van der Waals surface area contributed by atoms with Gasteiger partial charge in [-0.3, -0.25) is 9.48 Å². The van der Waals surface area contributed by atoms with Crippen LogP contribution in [0.5, 0.6) is 0 Å². The molecule has 25 heavy (non-hydrogen) atoms. The van der Waals surface area contributed by atoms with Crippen LogP contribution >= 0.6 is 0 Å². The largest absolute Gasteiger partial charge is 0.335 e. The van der Waals surface area contributed by atoms with Crippen LogP contribution in [-0.2, 0) is 18.3 Å². The third kappa shape index (κ3) is 3.20. The molecule has 0 radical (unpaired) electrons. The van der Waals surface area contributed by atoms with Gasteiger partial charge in [0.05, 0.1) is 24.3 Å². The summed E-state index contributed by atoms with van der Waals surface area (Å²) in [6.45, 7) is 0.823. The summed E-state index contributed by atoms with van der Waals surface area (Å²) >= 11 is 0. The highest BCUT2D eigenvalue weighted by molar-refractivity contribution is 5.79. The highest BCUT2D eigenvalue weighted by Gasteiger charge is 2.30. The van der Waals surface area contributed by atoms with Gasteiger partial charge in [-0.2, -0.15) is 10.2 Å². The molecular weight excluding hydrogens is 314 g/mol. The van der Waals surface area contributed by atoms with Gasteiger partial charge in [-0.05, 0) is 36.6 Å². The van der Waals surface area contributed by atoms with E-state index >= 15 is 0 Å². The van der Waals surface area contributed by atoms with Gasteiger partial charge in [0, 0.05) is 37.7 Å². The first kappa shape index (κ1) is 15.6. The van der Waals surface area contributed by atoms with E-state index in [0.717, 1.165) is 36.2 Å². The maximum Gasteiger partial charge on any atom is 0.227 e. The van der Waals surface area contributed by atoms with E-state index in [0.29, 0.717) is 6.42 Å². The Morgan fingerprint density at radius 3 is 2.76 bits per heavy atom. The van der Waals surface area contributed by atoms with Crippen LogP contribution in [0.15, 0.2) is 55.1 Å². The lowest BCUT2D eigenvalue weighted by Crippen LogP contribution is -2.31. The molecule has 1 saturated heterocycles. The second kappa shape index (κ2) is 6.55. The Morgan fingerprint density at radius 2 is 2.08 bits per heavy atom. The molecule has 1 aromatic carbocycles. The molecule has 6 nitrogen and oxygen atoms in total. The van der Waals surface area contributed by atoms with Crippen LogP contribution in [0, 0.1) is 0 Å². The van der Waals surface area contributed by atoms with Gasteiger partial charge in [-0.25, -0.2) is 4.68 Å². The Morgan fingerprint density at radius 1 is 1.24 bits per heavy atom. The monoisotopic (exact) mass is 335 g/mol. The van der Waals surface area contributed by atoms with Gasteiger partial charge in [0.25, 0.3) is 0 Å². The van der Waals surface area contributed by atoms with Crippen molar-refractivity contribution in [3.63, 3.8) is 0 Å². The molecule has 1 fully saturated rings. The minimum atomic E-state index is 0.157. The predicted molar refractivity (Wildman–Crippen MR) is 94.2 cm³/mol. The number of hydrogen-bond donors (Lipinski definition) is 0. The minimum Gasteiger partial charge on any atom is -0.335 e. The van der Waals surface area contributed by atoms with E-state index in [1.54, 1.807) is 10.9 Å². The van der Waals surface area contributed by atoms with Crippen molar-refractivity contribution in [3.05, 3.63) is 66.2 Å². The van der Waals surface area contributed by atoms with Crippen molar-refractivity contribution in [3.8, 4) is 5.69 Å². The van der Waals surface area contributed by atoms with Crippen LogP contribution in [0.2, 0.25) is 0 Å². The van der Waals surface area contributed by atoms with Gasteiger partial charge in [0.15, 0.2) is 0 Å². The summed E-state index contributed by atoms with van der Waals surface area (Å²) in [7, 11) is 1.91. The number of carbonyl (C=O) groups is 1. The van der Waals surface area contributed by atoms with Gasteiger partial charge in [0.1, 0.15) is 0 Å². The minimum absolute atomic E-state index is 0.157. The number of amides is 1. The number of aryl methyl sites for hydroxylation is 1. The molecule has 1 atom stereocenters. The maximum atomic E-state index is 12.8. The van der Waals surface area contributed by atoms with Crippen molar-refractivity contribution in [1.29, 1.82) is 0 Å². The molecule has 0 bridgehead atoms. The number of rotatable bonds is 4. The molecule has 0 aliphatic carbocycles. The van der Waals surface area contributed by atoms with E-state index in [9.17, 15) is 4.79 Å². The van der Waals surface area contributed by atoms with Gasteiger partial charge in [-0.1, -0.05) is 12.1 Å². The number of carbonyl (C=O) groups excluding carboxylic acids is 1. The van der Waals surface area contributed by atoms with E-state index < -0.39 is 0 Å². The fourth-order valence-electron chi connectivity index (χ4n) is 3.49. The molecular formula is C19H21N5O. The Labute approximate surface area is 146 Å². The first-order valence-corrected chi connectivity index (χ1v) is 8.58. The van der Waals surface area contributed by atoms with E-state index in [-0.39, 0.29) is 11.9 Å². The van der Waals surface area contributed by atoms with Crippen molar-refractivity contribution in [2.75, 3.05) is 6.54 Å². The third-order valence-corrected chi connectivity index (χ3v) is 4.74. The Kier molecular flexibility index (Phi) is 4.09. The molecule has 2 aromatic heterocycles. The molecule has 0 unspecified atom stereocenters. The molecule has 3 heterocycles. The molecule has 0 N–H and O–H groups in total. The lowest BCUT2D eigenvalue weighted by Gasteiger charge is -2.24. The number of likely N-dealkylation sites (tertiary alicyclic amines) is 1. The summed E-state index contributed by atoms with van der Waals surface area (Å²) in [5, 5.41) is 8.46. The molecule has 1 aliphatic heterocycles. The summed E-state index contributed by atoms with van der Waals surface area (Å²) in [5.41, 5.74) is 3.15. The fourth-order valence-corrected chi connectivity index (χ4v) is 3.49. The van der Waals surface area contributed by atoms with Crippen LogP contribution in [0.1, 0.15) is 30.0 Å². The molecule has 1 aliphatic rings. The highest BCUT2D eigenvalue weighted by Crippen LogP contribution is 2.32. The molecule has 1 amide bonds. The van der Waals surface area contributed by atoms with Crippen LogP contribution in [0.25, 0.3) is 5.69 Å². The Bertz CT molecular complexity index is 850. The summed E-state index contributed by atoms with van der Waals surface area (Å²) in [6.07, 6.45) is 10.0. The molecule has 6 heteroatoms. The van der Waals surface area contributed by atoms with E-state index in [1.165, 1.54) is 0 Å². The van der Waals surface area contributed by atoms with E-state index in [4.69, 9.17) is 0 Å². The second-order valence-electron chi connectivity index (χ2n) is 6.49. The molecule has 0 spiro atoms. The smallest absolute Gasteiger partial charge is 0.227 e. The average molecular weight is 335 g/mol. The number of benzene rings is 1. The van der Waals surface area contributed by atoms with Crippen LogP contribution in [0.4, 0.5) is 0 Å². The lowest BCUT2D eigenvalue weighted by atomic mass is 10.1. The summed E-state index contributed by atoms with van der Waals surface area (Å²) in [4.78, 5) is 14.8. The number of hydrogen-bond acceptors (Lipinski definition) is 3. The van der Waals surface area contributed by atoms with Crippen molar-refractivity contribution >= 4 is 5.91 Å². The SMILES string of the molecule is Cn1cc([C@H]2CCCN2C(=O)Cc2ccc(-n3cccn3)cc2)cn1. The lowest BCUT2D eigenvalue weighted by molar-refractivity contribution is -0.131. The van der Waals surface area contributed by atoms with Crippen molar-refractivity contribution in [2.45, 2.75) is 25.3 Å². The third-order valence-electron chi connectivity index (χ3n) is 4.74. The van der Waals surface area contributed by atoms with Gasteiger partial charge >= 0.3 is 0 Å². The van der Waals surface area contributed by atoms with Gasteiger partial charge in [0.2, 0.25) is 5.91 Å². The van der Waals surface area contributed by atoms with Crippen molar-refractivity contribution in [2.24, 2.45) is 7.05 Å². The zero-order chi connectivity index (χ0) is 17.2. The zero-order valence-electron chi connectivity index (χ0n) is 14.2. The van der Waals surface area contributed by atoms with Crippen LogP contribution < -0.4 is 0 Å². The topological polar surface area (TPSA) is 56.0 Å². The Hall–Kier alpha value is -2.89.